The summed E-state index contributed by atoms with van der Waals surface area (Å²) in [6.07, 6.45) is 0.881. The van der Waals surface area contributed by atoms with Crippen molar-refractivity contribution in [2.24, 2.45) is 0 Å². The average Bonchev–Trinajstić information content (AvgIpc) is 2.54. The fourth-order valence-electron chi connectivity index (χ4n) is 2.37. The van der Waals surface area contributed by atoms with Gasteiger partial charge in [0, 0.05) is 19.5 Å². The van der Waals surface area contributed by atoms with Crippen molar-refractivity contribution in [2.75, 3.05) is 6.54 Å². The average molecular weight is 278 g/mol. The van der Waals surface area contributed by atoms with Crippen LogP contribution >= 0.6 is 0 Å². The molecule has 1 unspecified atom stereocenters. The second kappa shape index (κ2) is 6.03. The van der Waals surface area contributed by atoms with Crippen molar-refractivity contribution in [3.8, 4) is 0 Å². The highest BCUT2D eigenvalue weighted by molar-refractivity contribution is 5.89. The standard InChI is InChI=1S/C15H19FN2O2/c1-3-13-15(20)18(7-6-14(19)17-13)9-11-4-5-12(16)8-10(11)2/h4-5,8,13H,3,6-7,9H2,1-2H3,(H,17,19). The Balaban J connectivity index is 2.18. The molecule has 108 valence electrons. The molecule has 0 radical (unpaired) electrons. The van der Waals surface area contributed by atoms with Crippen LogP contribution in [0, 0.1) is 12.7 Å². The molecule has 0 aliphatic carbocycles. The second-order valence-corrected chi connectivity index (χ2v) is 5.11. The van der Waals surface area contributed by atoms with Crippen molar-refractivity contribution in [1.29, 1.82) is 0 Å². The van der Waals surface area contributed by atoms with E-state index in [1.165, 1.54) is 12.1 Å². The lowest BCUT2D eigenvalue weighted by atomic mass is 10.1. The lowest BCUT2D eigenvalue weighted by Gasteiger charge is -2.24. The quantitative estimate of drug-likeness (QED) is 0.916. The van der Waals surface area contributed by atoms with Gasteiger partial charge in [-0.05, 0) is 36.6 Å². The van der Waals surface area contributed by atoms with Crippen LogP contribution in [0.25, 0.3) is 0 Å². The largest absolute Gasteiger partial charge is 0.344 e. The number of hydrogen-bond donors (Lipinski definition) is 1. The zero-order chi connectivity index (χ0) is 14.7. The first-order valence-corrected chi connectivity index (χ1v) is 6.84. The smallest absolute Gasteiger partial charge is 0.245 e. The van der Waals surface area contributed by atoms with Gasteiger partial charge in [-0.25, -0.2) is 4.39 Å². The number of rotatable bonds is 3. The maximum Gasteiger partial charge on any atom is 0.245 e. The van der Waals surface area contributed by atoms with Gasteiger partial charge in [0.15, 0.2) is 0 Å². The first-order valence-electron chi connectivity index (χ1n) is 6.84. The molecule has 1 heterocycles. The van der Waals surface area contributed by atoms with Crippen LogP contribution in [0.1, 0.15) is 30.9 Å². The van der Waals surface area contributed by atoms with E-state index in [0.717, 1.165) is 11.1 Å². The number of hydrogen-bond acceptors (Lipinski definition) is 2. The molecule has 2 amide bonds. The zero-order valence-electron chi connectivity index (χ0n) is 11.8. The minimum Gasteiger partial charge on any atom is -0.344 e. The summed E-state index contributed by atoms with van der Waals surface area (Å²) in [5, 5.41) is 2.73. The van der Waals surface area contributed by atoms with E-state index < -0.39 is 6.04 Å². The van der Waals surface area contributed by atoms with Crippen molar-refractivity contribution in [3.05, 3.63) is 35.1 Å². The monoisotopic (exact) mass is 278 g/mol. The highest BCUT2D eigenvalue weighted by Crippen LogP contribution is 2.15. The van der Waals surface area contributed by atoms with E-state index in [9.17, 15) is 14.0 Å². The van der Waals surface area contributed by atoms with Crippen LogP contribution in [0.5, 0.6) is 0 Å². The van der Waals surface area contributed by atoms with E-state index >= 15 is 0 Å². The number of nitrogens with one attached hydrogen (secondary N) is 1. The number of benzene rings is 1. The van der Waals surface area contributed by atoms with Crippen LogP contribution in [0.2, 0.25) is 0 Å². The Labute approximate surface area is 118 Å². The molecular formula is C15H19FN2O2. The van der Waals surface area contributed by atoms with Gasteiger partial charge >= 0.3 is 0 Å². The molecule has 0 spiro atoms. The fourth-order valence-corrected chi connectivity index (χ4v) is 2.37. The molecule has 1 aromatic rings. The molecule has 2 rings (SSSR count). The molecule has 20 heavy (non-hydrogen) atoms. The Kier molecular flexibility index (Phi) is 4.37. The normalized spacial score (nSPS) is 19.8. The van der Waals surface area contributed by atoms with E-state index in [1.807, 2.05) is 13.8 Å². The van der Waals surface area contributed by atoms with Crippen molar-refractivity contribution in [1.82, 2.24) is 10.2 Å². The number of halogens is 1. The highest BCUT2D eigenvalue weighted by Gasteiger charge is 2.28. The minimum atomic E-state index is -0.453. The van der Waals surface area contributed by atoms with Crippen molar-refractivity contribution in [3.63, 3.8) is 0 Å². The van der Waals surface area contributed by atoms with Gasteiger partial charge in [0.05, 0.1) is 0 Å². The summed E-state index contributed by atoms with van der Waals surface area (Å²) in [4.78, 5) is 25.6. The van der Waals surface area contributed by atoms with Gasteiger partial charge in [-0.15, -0.1) is 0 Å². The molecule has 1 atom stereocenters. The predicted molar refractivity (Wildman–Crippen MR) is 73.4 cm³/mol. The number of aryl methyl sites for hydroxylation is 1. The van der Waals surface area contributed by atoms with Crippen LogP contribution in [0.3, 0.4) is 0 Å². The first kappa shape index (κ1) is 14.5. The number of amides is 2. The lowest BCUT2D eigenvalue weighted by molar-refractivity contribution is -0.134. The summed E-state index contributed by atoms with van der Waals surface area (Å²) in [6.45, 7) is 4.51. The summed E-state index contributed by atoms with van der Waals surface area (Å²) < 4.78 is 13.1. The molecule has 0 aromatic heterocycles. The molecule has 5 heteroatoms. The van der Waals surface area contributed by atoms with Gasteiger partial charge in [0.1, 0.15) is 11.9 Å². The Morgan fingerprint density at radius 2 is 2.15 bits per heavy atom. The van der Waals surface area contributed by atoms with Crippen LogP contribution in [-0.4, -0.2) is 29.3 Å². The highest BCUT2D eigenvalue weighted by atomic mass is 19.1. The van der Waals surface area contributed by atoms with Crippen molar-refractivity contribution >= 4 is 11.8 Å². The Morgan fingerprint density at radius 1 is 1.40 bits per heavy atom. The van der Waals surface area contributed by atoms with Crippen LogP contribution in [-0.2, 0) is 16.1 Å². The van der Waals surface area contributed by atoms with Crippen LogP contribution in [0.15, 0.2) is 18.2 Å². The van der Waals surface area contributed by atoms with Gasteiger partial charge in [-0.1, -0.05) is 13.0 Å². The van der Waals surface area contributed by atoms with Gasteiger partial charge < -0.3 is 10.2 Å². The maximum absolute atomic E-state index is 13.1. The molecule has 1 aliphatic heterocycles. The second-order valence-electron chi connectivity index (χ2n) is 5.11. The summed E-state index contributed by atoms with van der Waals surface area (Å²) >= 11 is 0. The molecule has 1 aromatic carbocycles. The number of carbonyl (C=O) groups excluding carboxylic acids is 2. The Hall–Kier alpha value is -1.91. The molecule has 4 nitrogen and oxygen atoms in total. The number of carbonyl (C=O) groups is 2. The van der Waals surface area contributed by atoms with Gasteiger partial charge in [-0.3, -0.25) is 9.59 Å². The molecule has 1 aliphatic rings. The van der Waals surface area contributed by atoms with Crippen LogP contribution in [0.4, 0.5) is 4.39 Å². The Bertz CT molecular complexity index is 531. The van der Waals surface area contributed by atoms with Gasteiger partial charge in [0.2, 0.25) is 11.8 Å². The molecular weight excluding hydrogens is 259 g/mol. The Morgan fingerprint density at radius 3 is 2.80 bits per heavy atom. The van der Waals surface area contributed by atoms with Crippen LogP contribution < -0.4 is 5.32 Å². The van der Waals surface area contributed by atoms with Gasteiger partial charge in [-0.2, -0.15) is 0 Å². The third kappa shape index (κ3) is 3.15. The third-order valence-electron chi connectivity index (χ3n) is 3.63. The third-order valence-corrected chi connectivity index (χ3v) is 3.63. The predicted octanol–water partition coefficient (Wildman–Crippen LogP) is 1.76. The molecule has 1 N–H and O–H groups in total. The molecule has 1 saturated heterocycles. The summed E-state index contributed by atoms with van der Waals surface area (Å²) in [7, 11) is 0. The first-order chi connectivity index (χ1) is 9.51. The minimum absolute atomic E-state index is 0.0675. The van der Waals surface area contributed by atoms with Crippen molar-refractivity contribution < 1.29 is 14.0 Å². The summed E-state index contributed by atoms with van der Waals surface area (Å²) in [6, 6.07) is 4.09. The SMILES string of the molecule is CCC1NC(=O)CCN(Cc2ccc(F)cc2C)C1=O. The summed E-state index contributed by atoms with van der Waals surface area (Å²) in [5.41, 5.74) is 1.72. The van der Waals surface area contributed by atoms with Crippen molar-refractivity contribution in [2.45, 2.75) is 39.3 Å². The maximum atomic E-state index is 13.1. The van der Waals surface area contributed by atoms with E-state index in [0.29, 0.717) is 25.9 Å². The lowest BCUT2D eigenvalue weighted by Crippen LogP contribution is -2.44. The van der Waals surface area contributed by atoms with Gasteiger partial charge in [0.25, 0.3) is 0 Å². The zero-order valence-corrected chi connectivity index (χ0v) is 11.8. The molecule has 0 saturated carbocycles. The number of nitrogens with zero attached hydrogens (tertiary/aromatic N) is 1. The molecule has 0 bridgehead atoms. The fraction of sp³-hybridized carbons (Fsp3) is 0.467. The van der Waals surface area contributed by atoms with E-state index in [4.69, 9.17) is 0 Å². The summed E-state index contributed by atoms with van der Waals surface area (Å²) in [5.74, 6) is -0.442. The van der Waals surface area contributed by atoms with E-state index in [2.05, 4.69) is 5.32 Å². The molecule has 1 fully saturated rings. The van der Waals surface area contributed by atoms with E-state index in [-0.39, 0.29) is 17.6 Å². The van der Waals surface area contributed by atoms with E-state index in [1.54, 1.807) is 11.0 Å². The topological polar surface area (TPSA) is 49.4 Å².